The molecule has 1 heterocycles. The number of nitrogens with zero attached hydrogens (tertiary/aromatic N) is 2. The fourth-order valence-electron chi connectivity index (χ4n) is 2.98. The molecule has 0 saturated heterocycles. The van der Waals surface area contributed by atoms with Crippen LogP contribution in [0, 0.1) is 5.92 Å². The van der Waals surface area contributed by atoms with Gasteiger partial charge in [0, 0.05) is 12.6 Å². The Kier molecular flexibility index (Phi) is 3.24. The van der Waals surface area contributed by atoms with Crippen molar-refractivity contribution >= 4 is 5.78 Å². The molecular formula is C17H23N3O2. The van der Waals surface area contributed by atoms with Gasteiger partial charge in [-0.3, -0.25) is 10.6 Å². The lowest BCUT2D eigenvalue weighted by molar-refractivity contribution is 0.0812. The summed E-state index contributed by atoms with van der Waals surface area (Å²) in [7, 11) is 1.76. The van der Waals surface area contributed by atoms with Gasteiger partial charge in [-0.1, -0.05) is 6.07 Å². The van der Waals surface area contributed by atoms with Gasteiger partial charge < -0.3 is 4.74 Å². The van der Waals surface area contributed by atoms with Gasteiger partial charge in [0.1, 0.15) is 5.69 Å². The molecule has 3 aliphatic rings. The monoisotopic (exact) mass is 301 g/mol. The van der Waals surface area contributed by atoms with Gasteiger partial charge in [-0.05, 0) is 56.4 Å². The number of nitrogens with two attached hydrogens (primary N) is 1. The van der Waals surface area contributed by atoms with Crippen molar-refractivity contribution in [2.45, 2.75) is 50.0 Å². The van der Waals surface area contributed by atoms with Crippen molar-refractivity contribution in [2.75, 3.05) is 13.7 Å². The van der Waals surface area contributed by atoms with Crippen LogP contribution in [0.1, 0.15) is 60.5 Å². The van der Waals surface area contributed by atoms with Gasteiger partial charge in [0.05, 0.1) is 12.1 Å². The predicted molar refractivity (Wildman–Crippen MR) is 82.7 cm³/mol. The maximum absolute atomic E-state index is 12.7. The minimum atomic E-state index is -0.540. The Morgan fingerprint density at radius 3 is 2.64 bits per heavy atom. The summed E-state index contributed by atoms with van der Waals surface area (Å²) in [5.74, 6) is 7.80. The molecule has 3 fully saturated rings. The van der Waals surface area contributed by atoms with Crippen LogP contribution in [0.5, 0.6) is 5.88 Å². The van der Waals surface area contributed by atoms with Crippen LogP contribution in [0.25, 0.3) is 0 Å². The Labute approximate surface area is 130 Å². The zero-order chi connectivity index (χ0) is 15.3. The molecule has 4 rings (SSSR count). The first kappa shape index (κ1) is 14.2. The van der Waals surface area contributed by atoms with Crippen LogP contribution in [0.2, 0.25) is 0 Å². The Bertz CT molecular complexity index is 602. The highest BCUT2D eigenvalue weighted by Crippen LogP contribution is 2.45. The number of ketones is 1. The molecule has 3 saturated carbocycles. The van der Waals surface area contributed by atoms with Crippen LogP contribution >= 0.6 is 0 Å². The van der Waals surface area contributed by atoms with Crippen LogP contribution in [0.4, 0.5) is 0 Å². The SMILES string of the molecule is CN(N)C1(C(=O)c2ccc(C3CC3)c(OCC3CC3)n2)CC1. The van der Waals surface area contributed by atoms with Crippen molar-refractivity contribution in [3.63, 3.8) is 0 Å². The van der Waals surface area contributed by atoms with E-state index in [0.29, 0.717) is 23.4 Å². The van der Waals surface area contributed by atoms with E-state index in [-0.39, 0.29) is 5.78 Å². The molecule has 0 atom stereocenters. The lowest BCUT2D eigenvalue weighted by Crippen LogP contribution is -2.45. The normalized spacial score (nSPS) is 22.7. The summed E-state index contributed by atoms with van der Waals surface area (Å²) >= 11 is 0. The highest BCUT2D eigenvalue weighted by Gasteiger charge is 2.53. The van der Waals surface area contributed by atoms with Gasteiger partial charge in [-0.15, -0.1) is 0 Å². The molecule has 5 heteroatoms. The standard InChI is InChI=1S/C17H23N3O2/c1-20(18)17(8-9-17)15(21)14-7-6-13(12-4-5-12)16(19-14)22-10-11-2-3-11/h6-7,11-12H,2-5,8-10,18H2,1H3. The van der Waals surface area contributed by atoms with Gasteiger partial charge in [0.25, 0.3) is 0 Å². The second-order valence-corrected chi connectivity index (χ2v) is 7.09. The minimum absolute atomic E-state index is 0.0242. The number of hydrogen-bond acceptors (Lipinski definition) is 5. The molecule has 0 aromatic carbocycles. The second-order valence-electron chi connectivity index (χ2n) is 7.09. The Morgan fingerprint density at radius 1 is 1.36 bits per heavy atom. The summed E-state index contributed by atoms with van der Waals surface area (Å²) in [6.07, 6.45) is 6.51. The highest BCUT2D eigenvalue weighted by atomic mass is 16.5. The van der Waals surface area contributed by atoms with E-state index in [4.69, 9.17) is 10.6 Å². The van der Waals surface area contributed by atoms with Gasteiger partial charge in [-0.2, -0.15) is 0 Å². The lowest BCUT2D eigenvalue weighted by Gasteiger charge is -2.21. The van der Waals surface area contributed by atoms with E-state index in [0.717, 1.165) is 19.4 Å². The van der Waals surface area contributed by atoms with E-state index in [1.807, 2.05) is 12.1 Å². The third kappa shape index (κ3) is 2.52. The summed E-state index contributed by atoms with van der Waals surface area (Å²) in [6.45, 7) is 0.728. The quantitative estimate of drug-likeness (QED) is 0.475. The molecular weight excluding hydrogens is 278 g/mol. The van der Waals surface area contributed by atoms with Crippen LogP contribution in [-0.2, 0) is 0 Å². The zero-order valence-corrected chi connectivity index (χ0v) is 13.0. The van der Waals surface area contributed by atoms with E-state index in [2.05, 4.69) is 4.98 Å². The molecule has 0 spiro atoms. The molecule has 0 aliphatic heterocycles. The lowest BCUT2D eigenvalue weighted by atomic mass is 10.1. The maximum Gasteiger partial charge on any atom is 0.217 e. The molecule has 0 bridgehead atoms. The first-order chi connectivity index (χ1) is 10.6. The summed E-state index contributed by atoms with van der Waals surface area (Å²) in [4.78, 5) is 17.3. The smallest absolute Gasteiger partial charge is 0.217 e. The molecule has 22 heavy (non-hydrogen) atoms. The van der Waals surface area contributed by atoms with E-state index < -0.39 is 5.54 Å². The second kappa shape index (κ2) is 5.03. The number of carbonyl (C=O) groups is 1. The first-order valence-corrected chi connectivity index (χ1v) is 8.27. The van der Waals surface area contributed by atoms with Gasteiger partial charge in [0.2, 0.25) is 11.7 Å². The van der Waals surface area contributed by atoms with Crippen molar-refractivity contribution in [1.29, 1.82) is 0 Å². The van der Waals surface area contributed by atoms with Crippen molar-refractivity contribution in [3.05, 3.63) is 23.4 Å². The molecule has 118 valence electrons. The summed E-state index contributed by atoms with van der Waals surface area (Å²) in [6, 6.07) is 3.89. The topological polar surface area (TPSA) is 68.5 Å². The fourth-order valence-corrected chi connectivity index (χ4v) is 2.98. The van der Waals surface area contributed by atoms with E-state index in [1.54, 1.807) is 7.05 Å². The van der Waals surface area contributed by atoms with Crippen LogP contribution in [0.15, 0.2) is 12.1 Å². The number of likely N-dealkylation sites (N-methyl/N-ethyl adjacent to an activating group) is 1. The van der Waals surface area contributed by atoms with E-state index in [1.165, 1.54) is 36.3 Å². The third-order valence-corrected chi connectivity index (χ3v) is 5.11. The van der Waals surface area contributed by atoms with Crippen LogP contribution in [0.3, 0.4) is 0 Å². The van der Waals surface area contributed by atoms with E-state index >= 15 is 0 Å². The average Bonchev–Trinajstić information content (AvgIpc) is 3.41. The van der Waals surface area contributed by atoms with Crippen molar-refractivity contribution < 1.29 is 9.53 Å². The first-order valence-electron chi connectivity index (χ1n) is 8.27. The number of Topliss-reactive ketones (excluding diaryl/α,β-unsaturated/α-hetero) is 1. The number of carbonyl (C=O) groups excluding carboxylic acids is 1. The van der Waals surface area contributed by atoms with Gasteiger partial charge >= 0.3 is 0 Å². The number of hydrazine groups is 1. The molecule has 1 aromatic rings. The largest absolute Gasteiger partial charge is 0.477 e. The molecule has 5 nitrogen and oxygen atoms in total. The Morgan fingerprint density at radius 2 is 2.09 bits per heavy atom. The highest BCUT2D eigenvalue weighted by molar-refractivity contribution is 6.03. The minimum Gasteiger partial charge on any atom is -0.477 e. The van der Waals surface area contributed by atoms with Crippen LogP contribution in [-0.4, -0.2) is 35.0 Å². The molecule has 3 aliphatic carbocycles. The average molecular weight is 301 g/mol. The van der Waals surface area contributed by atoms with Gasteiger partial charge in [0.15, 0.2) is 0 Å². The molecule has 1 aromatic heterocycles. The number of hydrogen-bond donors (Lipinski definition) is 1. The molecule has 0 amide bonds. The van der Waals surface area contributed by atoms with Crippen molar-refractivity contribution in [1.82, 2.24) is 9.99 Å². The Balaban J connectivity index is 1.59. The molecule has 2 N–H and O–H groups in total. The number of aromatic nitrogens is 1. The molecule has 0 unspecified atom stereocenters. The summed E-state index contributed by atoms with van der Waals surface area (Å²) in [5.41, 5.74) is 1.12. The zero-order valence-electron chi connectivity index (χ0n) is 13.0. The maximum atomic E-state index is 12.7. The molecule has 0 radical (unpaired) electrons. The predicted octanol–water partition coefficient (Wildman–Crippen LogP) is 2.27. The number of rotatable bonds is 7. The summed E-state index contributed by atoms with van der Waals surface area (Å²) in [5, 5.41) is 1.54. The fraction of sp³-hybridized carbons (Fsp3) is 0.647. The number of ether oxygens (including phenoxy) is 1. The van der Waals surface area contributed by atoms with Crippen molar-refractivity contribution in [3.8, 4) is 5.88 Å². The third-order valence-electron chi connectivity index (χ3n) is 5.11. The van der Waals surface area contributed by atoms with Crippen LogP contribution < -0.4 is 10.6 Å². The van der Waals surface area contributed by atoms with E-state index in [9.17, 15) is 4.79 Å². The summed E-state index contributed by atoms with van der Waals surface area (Å²) < 4.78 is 5.94. The Hall–Kier alpha value is -1.46. The number of pyridine rings is 1. The van der Waals surface area contributed by atoms with Crippen molar-refractivity contribution in [2.24, 2.45) is 11.8 Å². The van der Waals surface area contributed by atoms with Gasteiger partial charge in [-0.25, -0.2) is 9.99 Å².